The summed E-state index contributed by atoms with van der Waals surface area (Å²) < 4.78 is 103. The molecule has 4 aliphatic rings. The molecule has 0 spiro atoms. The van der Waals surface area contributed by atoms with Crippen LogP contribution in [-0.2, 0) is 0 Å². The molecule has 0 aliphatic carbocycles. The minimum absolute atomic E-state index is 0.0181. The Balaban J connectivity index is 0.000000314. The van der Waals surface area contributed by atoms with E-state index in [1.165, 1.54) is 4.90 Å². The third kappa shape index (κ3) is 16.2. The van der Waals surface area contributed by atoms with Gasteiger partial charge in [0.15, 0.2) is 0 Å². The highest BCUT2D eigenvalue weighted by molar-refractivity contribution is 4.89. The molecule has 0 aromatic rings. The average molecular weight is 695 g/mol. The second-order valence-corrected chi connectivity index (χ2v) is 17.7. The smallest absolute Gasteiger partial charge is 0.298 e. The number of halogens is 8. The van der Waals surface area contributed by atoms with Crippen molar-refractivity contribution in [2.24, 2.45) is 0 Å². The summed E-state index contributed by atoms with van der Waals surface area (Å²) in [5.41, 5.74) is -0.607. The summed E-state index contributed by atoms with van der Waals surface area (Å²) in [6.45, 7) is 26.3. The summed E-state index contributed by atoms with van der Waals surface area (Å²) in [5.74, 6) is -7.33. The molecular weight excluding hydrogens is 628 g/mol. The highest BCUT2D eigenvalue weighted by atomic mass is 19.3. The molecule has 0 unspecified atom stereocenters. The summed E-state index contributed by atoms with van der Waals surface area (Å²) in [6.07, 6.45) is 2.29. The molecule has 0 atom stereocenters. The number of hydrogen-bond donors (Lipinski definition) is 0. The van der Waals surface area contributed by atoms with E-state index in [0.717, 1.165) is 13.0 Å². The van der Waals surface area contributed by atoms with Crippen LogP contribution in [0.4, 0.5) is 35.1 Å². The normalized spacial score (nSPS) is 25.8. The summed E-state index contributed by atoms with van der Waals surface area (Å²) in [7, 11) is 0. The van der Waals surface area contributed by atoms with Crippen molar-refractivity contribution in [3.8, 4) is 0 Å². The van der Waals surface area contributed by atoms with Gasteiger partial charge in [-0.1, -0.05) is 0 Å². The second-order valence-electron chi connectivity index (χ2n) is 17.7. The van der Waals surface area contributed by atoms with Crippen LogP contribution in [-0.4, -0.2) is 111 Å². The van der Waals surface area contributed by atoms with Crippen molar-refractivity contribution in [3.63, 3.8) is 0 Å². The molecule has 4 nitrogen and oxygen atoms in total. The van der Waals surface area contributed by atoms with Gasteiger partial charge in [0.25, 0.3) is 17.8 Å². The number of likely N-dealkylation sites (tertiary alicyclic amines) is 4. The van der Waals surface area contributed by atoms with Gasteiger partial charge in [-0.2, -0.15) is 8.78 Å². The molecule has 4 saturated heterocycles. The fourth-order valence-electron chi connectivity index (χ4n) is 6.08. The maximum Gasteiger partial charge on any atom is 0.305 e. The lowest BCUT2D eigenvalue weighted by atomic mass is 9.99. The number of nitrogens with zero attached hydrogens (tertiary/aromatic N) is 4. The summed E-state index contributed by atoms with van der Waals surface area (Å²) in [6, 6.07) is -2.59. The first-order valence-corrected chi connectivity index (χ1v) is 17.3. The summed E-state index contributed by atoms with van der Waals surface area (Å²) in [4.78, 5) is 7.11. The Morgan fingerprint density at radius 2 is 0.745 bits per heavy atom. The van der Waals surface area contributed by atoms with E-state index >= 15 is 0 Å². The van der Waals surface area contributed by atoms with Gasteiger partial charge in [0.1, 0.15) is 0 Å². The van der Waals surface area contributed by atoms with E-state index in [-0.39, 0.29) is 61.8 Å². The summed E-state index contributed by atoms with van der Waals surface area (Å²) >= 11 is 0. The van der Waals surface area contributed by atoms with Crippen LogP contribution < -0.4 is 0 Å². The molecule has 4 rings (SSSR count). The minimum atomic E-state index is -2.59. The van der Waals surface area contributed by atoms with Gasteiger partial charge in [-0.15, -0.1) is 0 Å². The lowest BCUT2D eigenvalue weighted by Crippen LogP contribution is -2.54. The lowest BCUT2D eigenvalue weighted by molar-refractivity contribution is -0.200. The third-order valence-electron chi connectivity index (χ3n) is 9.22. The van der Waals surface area contributed by atoms with Crippen LogP contribution in [0.15, 0.2) is 0 Å². The first kappa shape index (κ1) is 44.3. The molecule has 0 bridgehead atoms. The van der Waals surface area contributed by atoms with Crippen molar-refractivity contribution >= 4 is 0 Å². The van der Waals surface area contributed by atoms with Crippen molar-refractivity contribution in [1.29, 1.82) is 0 Å². The van der Waals surface area contributed by atoms with E-state index in [9.17, 15) is 35.1 Å². The molecule has 0 radical (unpaired) electrons. The molecule has 0 saturated carbocycles. The molecule has 4 fully saturated rings. The van der Waals surface area contributed by atoms with Crippen molar-refractivity contribution in [3.05, 3.63) is 0 Å². The van der Waals surface area contributed by atoms with E-state index in [1.54, 1.807) is 0 Å². The van der Waals surface area contributed by atoms with Gasteiger partial charge in [0.05, 0.1) is 13.1 Å². The van der Waals surface area contributed by atoms with E-state index in [2.05, 4.69) is 25.7 Å². The maximum absolute atomic E-state index is 13.3. The molecule has 4 aliphatic heterocycles. The highest BCUT2D eigenvalue weighted by Gasteiger charge is 2.45. The van der Waals surface area contributed by atoms with E-state index in [0.29, 0.717) is 39.0 Å². The zero-order chi connectivity index (χ0) is 36.9. The van der Waals surface area contributed by atoms with Crippen LogP contribution in [0.1, 0.15) is 134 Å². The molecule has 4 heterocycles. The Hall–Kier alpha value is -0.720. The van der Waals surface area contributed by atoms with Gasteiger partial charge >= 0.3 is 6.05 Å². The van der Waals surface area contributed by atoms with Crippen LogP contribution in [0.25, 0.3) is 0 Å². The van der Waals surface area contributed by atoms with Crippen LogP contribution in [0.3, 0.4) is 0 Å². The monoisotopic (exact) mass is 695 g/mol. The van der Waals surface area contributed by atoms with Crippen molar-refractivity contribution in [2.75, 3.05) is 45.8 Å². The quantitative estimate of drug-likeness (QED) is 0.185. The molecule has 47 heavy (non-hydrogen) atoms. The van der Waals surface area contributed by atoms with Gasteiger partial charge in [0.2, 0.25) is 0 Å². The molecule has 282 valence electrons. The van der Waals surface area contributed by atoms with Crippen LogP contribution in [0.5, 0.6) is 0 Å². The highest BCUT2D eigenvalue weighted by Crippen LogP contribution is 2.36. The second kappa shape index (κ2) is 16.1. The number of alkyl halides is 8. The molecule has 0 amide bonds. The van der Waals surface area contributed by atoms with Crippen molar-refractivity contribution in [1.82, 2.24) is 19.6 Å². The third-order valence-corrected chi connectivity index (χ3v) is 9.22. The number of piperidine rings is 3. The average Bonchev–Trinajstić information content (AvgIpc) is 3.22. The Kier molecular flexibility index (Phi) is 15.2. The molecular formula is C35H66F8N4. The Morgan fingerprint density at radius 3 is 1.02 bits per heavy atom. The van der Waals surface area contributed by atoms with Gasteiger partial charge in [-0.3, -0.25) is 14.7 Å². The first-order chi connectivity index (χ1) is 20.8. The number of hydrogen-bond acceptors (Lipinski definition) is 4. The van der Waals surface area contributed by atoms with E-state index in [1.807, 2.05) is 72.1 Å². The predicted octanol–water partition coefficient (Wildman–Crippen LogP) is 10.0. The number of rotatable bonds is 0. The minimum Gasteiger partial charge on any atom is -0.298 e. The Labute approximate surface area is 281 Å². The van der Waals surface area contributed by atoms with E-state index < -0.39 is 29.4 Å². The van der Waals surface area contributed by atoms with E-state index in [4.69, 9.17) is 0 Å². The van der Waals surface area contributed by atoms with Crippen LogP contribution in [0, 0.1) is 0 Å². The predicted molar refractivity (Wildman–Crippen MR) is 177 cm³/mol. The molecule has 12 heteroatoms. The topological polar surface area (TPSA) is 13.0 Å². The van der Waals surface area contributed by atoms with Crippen molar-refractivity contribution in [2.45, 2.75) is 180 Å². The van der Waals surface area contributed by atoms with Crippen LogP contribution >= 0.6 is 0 Å². The van der Waals surface area contributed by atoms with Gasteiger partial charge in [-0.25, -0.2) is 31.2 Å². The molecule has 0 aromatic heterocycles. The summed E-state index contributed by atoms with van der Waals surface area (Å²) in [5, 5.41) is 0. The van der Waals surface area contributed by atoms with Gasteiger partial charge < -0.3 is 0 Å². The fraction of sp³-hybridized carbons (Fsp3) is 1.00. The zero-order valence-corrected chi connectivity index (χ0v) is 31.4. The van der Waals surface area contributed by atoms with Gasteiger partial charge in [-0.05, 0) is 109 Å². The fourth-order valence-corrected chi connectivity index (χ4v) is 6.08. The molecule has 0 aromatic carbocycles. The molecule has 0 N–H and O–H groups in total. The van der Waals surface area contributed by atoms with Crippen molar-refractivity contribution < 1.29 is 35.1 Å². The Bertz CT molecular complexity index is 917. The SMILES string of the molecule is CC(C)(C)N1CCC(F)(F)C1.CC(C)(C)N1CCC(F)(F)CC1.CC(C)(C)N1CCCC(F)(F)C1.CC(C)(C)N1CCCCC1(F)F. The van der Waals surface area contributed by atoms with Gasteiger partial charge in [0, 0.05) is 80.4 Å². The Morgan fingerprint density at radius 1 is 0.362 bits per heavy atom. The lowest BCUT2D eigenvalue weighted by Gasteiger charge is -2.43. The standard InChI is InChI=1S/3C9H17F2N.C8H15F2N/c1-8(2,3)12-6-4-9(10,11)5-7-12;1-8(2,3)12-6-4-5-9(10,11)7-12;1-8(2,3)12-7-5-4-6-9(12,10)11;1-7(2,3)11-5-4-8(9,10)6-11/h3*4-7H2,1-3H3;4-6H2,1-3H3. The van der Waals surface area contributed by atoms with Crippen LogP contribution in [0.2, 0.25) is 0 Å². The zero-order valence-electron chi connectivity index (χ0n) is 31.4. The largest absolute Gasteiger partial charge is 0.305 e. The first-order valence-electron chi connectivity index (χ1n) is 17.3. The maximum atomic E-state index is 13.3.